The van der Waals surface area contributed by atoms with Crippen molar-refractivity contribution in [1.29, 1.82) is 0 Å². The number of benzene rings is 7. The fourth-order valence-electron chi connectivity index (χ4n) is 9.03. The van der Waals surface area contributed by atoms with E-state index in [2.05, 4.69) is 0 Å². The molecule has 0 atom stereocenters. The summed E-state index contributed by atoms with van der Waals surface area (Å²) in [6, 6.07) is 36.6. The van der Waals surface area contributed by atoms with Crippen molar-refractivity contribution < 1.29 is 52.7 Å². The molecule has 11 rings (SSSR count). The number of anilines is 2. The van der Waals surface area contributed by atoms with Gasteiger partial charge in [-0.3, -0.25) is 57.7 Å². The zero-order valence-corrected chi connectivity index (χ0v) is 36.8. The van der Waals surface area contributed by atoms with Crippen molar-refractivity contribution in [3.8, 4) is 11.5 Å². The lowest BCUT2D eigenvalue weighted by Crippen LogP contribution is -2.30. The molecule has 7 aromatic carbocycles. The molecule has 0 fully saturated rings. The Balaban J connectivity index is 0.776. The lowest BCUT2D eigenvalue weighted by Gasteiger charge is -2.17. The Labute approximate surface area is 396 Å². The largest absolute Gasteiger partial charge is 0.457 e. The molecule has 0 saturated carbocycles. The summed E-state index contributed by atoms with van der Waals surface area (Å²) in [5, 5.41) is 0. The summed E-state index contributed by atoms with van der Waals surface area (Å²) in [6.45, 7) is 1.71. The van der Waals surface area contributed by atoms with Crippen LogP contribution in [0.2, 0.25) is 0 Å². The molecular weight excluding hydrogens is 893 g/mol. The molecule has 4 aliphatic heterocycles. The summed E-state index contributed by atoms with van der Waals surface area (Å²) in [5.74, 6) is -4.89. The number of fused-ring (bicyclic) bond motifs is 4. The van der Waals surface area contributed by atoms with Gasteiger partial charge in [-0.15, -0.1) is 0 Å². The lowest BCUT2D eigenvalue weighted by atomic mass is 9.96. The molecule has 0 aliphatic carbocycles. The third-order valence-corrected chi connectivity index (χ3v) is 12.7. The van der Waals surface area contributed by atoms with Gasteiger partial charge < -0.3 is 4.74 Å². The quantitative estimate of drug-likeness (QED) is 0.0958. The zero-order valence-electron chi connectivity index (χ0n) is 36.8. The Hall–Kier alpha value is -9.76. The predicted octanol–water partition coefficient (Wildman–Crippen LogP) is 7.87. The van der Waals surface area contributed by atoms with Crippen molar-refractivity contribution >= 4 is 70.2 Å². The molecule has 0 radical (unpaired) electrons. The second kappa shape index (κ2) is 16.0. The van der Waals surface area contributed by atoms with E-state index in [4.69, 9.17) is 4.74 Å². The molecule has 338 valence electrons. The maximum absolute atomic E-state index is 13.9. The first-order valence-electron chi connectivity index (χ1n) is 21.7. The number of ether oxygens (including phenoxy) is 1. The minimum atomic E-state index is -0.715. The molecule has 0 unspecified atom stereocenters. The van der Waals surface area contributed by atoms with E-state index in [0.717, 1.165) is 25.2 Å². The fourth-order valence-corrected chi connectivity index (χ4v) is 9.03. The molecule has 7 aromatic rings. The van der Waals surface area contributed by atoms with Crippen LogP contribution in [0.5, 0.6) is 11.5 Å². The summed E-state index contributed by atoms with van der Waals surface area (Å²) in [6.07, 6.45) is 0. The summed E-state index contributed by atoms with van der Waals surface area (Å²) >= 11 is 0. The number of aryl methyl sites for hydroxylation is 1. The van der Waals surface area contributed by atoms with E-state index >= 15 is 0 Å². The number of imide groups is 4. The number of carbonyl (C=O) groups excluding carboxylic acids is 10. The minimum absolute atomic E-state index is 0.0248. The number of hydrogen-bond acceptors (Lipinski definition) is 11. The van der Waals surface area contributed by atoms with Gasteiger partial charge in [-0.25, -0.2) is 9.80 Å². The maximum atomic E-state index is 13.9. The zero-order chi connectivity index (χ0) is 48.9. The SMILES string of the molecule is Cc1ccc(Oc2ccc(N3C(=O)c4ccc(C(=O)c5ccc6c(c5)C(=O)N(Cc5cccc(N7C(=O)c8ccc(C(=O)c9ccc%10c(c9)C(=O)N(C)C%10=O)cc8C7=O)c5)C6=O)cc4C3=O)cc2)cc1. The monoisotopic (exact) mass is 924 g/mol. The summed E-state index contributed by atoms with van der Waals surface area (Å²) in [4.78, 5) is 138. The number of carbonyl (C=O) groups is 10. The normalized spacial score (nSPS) is 14.7. The van der Waals surface area contributed by atoms with Gasteiger partial charge >= 0.3 is 0 Å². The van der Waals surface area contributed by atoms with Crippen LogP contribution in [0, 0.1) is 6.92 Å². The Morgan fingerprint density at radius 2 is 0.786 bits per heavy atom. The van der Waals surface area contributed by atoms with E-state index in [1.807, 2.05) is 31.2 Å². The molecule has 8 amide bonds. The van der Waals surface area contributed by atoms with Crippen molar-refractivity contribution in [2.45, 2.75) is 13.5 Å². The van der Waals surface area contributed by atoms with Gasteiger partial charge in [-0.2, -0.15) is 0 Å². The lowest BCUT2D eigenvalue weighted by molar-refractivity contribution is 0.0637. The highest BCUT2D eigenvalue weighted by Crippen LogP contribution is 2.35. The average molecular weight is 925 g/mol. The van der Waals surface area contributed by atoms with Crippen molar-refractivity contribution in [1.82, 2.24) is 9.80 Å². The van der Waals surface area contributed by atoms with Gasteiger partial charge in [0.1, 0.15) is 11.5 Å². The van der Waals surface area contributed by atoms with E-state index in [0.29, 0.717) is 22.7 Å². The van der Waals surface area contributed by atoms with Gasteiger partial charge in [0.15, 0.2) is 11.6 Å². The molecule has 0 N–H and O–H groups in total. The molecule has 4 aliphatic rings. The predicted molar refractivity (Wildman–Crippen MR) is 250 cm³/mol. The second-order valence-electron chi connectivity index (χ2n) is 17.0. The molecule has 0 bridgehead atoms. The van der Waals surface area contributed by atoms with Gasteiger partial charge in [0, 0.05) is 29.3 Å². The van der Waals surface area contributed by atoms with E-state index < -0.39 is 58.8 Å². The number of amides is 8. The third kappa shape index (κ3) is 6.74. The van der Waals surface area contributed by atoms with E-state index in [1.165, 1.54) is 92.0 Å². The van der Waals surface area contributed by atoms with E-state index in [-0.39, 0.29) is 79.0 Å². The first-order valence-corrected chi connectivity index (χ1v) is 21.7. The maximum Gasteiger partial charge on any atom is 0.266 e. The first kappa shape index (κ1) is 42.8. The smallest absolute Gasteiger partial charge is 0.266 e. The number of nitrogens with zero attached hydrogens (tertiary/aromatic N) is 4. The van der Waals surface area contributed by atoms with Crippen LogP contribution in [-0.4, -0.2) is 75.7 Å². The molecule has 15 heteroatoms. The van der Waals surface area contributed by atoms with Gasteiger partial charge in [-0.05, 0) is 110 Å². The number of rotatable bonds is 10. The Bertz CT molecular complexity index is 3630. The van der Waals surface area contributed by atoms with Crippen LogP contribution in [-0.2, 0) is 6.54 Å². The third-order valence-electron chi connectivity index (χ3n) is 12.7. The van der Waals surface area contributed by atoms with Crippen molar-refractivity contribution in [3.05, 3.63) is 223 Å². The van der Waals surface area contributed by atoms with E-state index in [9.17, 15) is 47.9 Å². The van der Waals surface area contributed by atoms with Gasteiger partial charge in [-0.1, -0.05) is 54.1 Å². The van der Waals surface area contributed by atoms with Crippen LogP contribution >= 0.6 is 0 Å². The van der Waals surface area contributed by atoms with Crippen molar-refractivity contribution in [2.75, 3.05) is 16.8 Å². The van der Waals surface area contributed by atoms with Crippen molar-refractivity contribution in [2.24, 2.45) is 0 Å². The van der Waals surface area contributed by atoms with Crippen molar-refractivity contribution in [3.63, 3.8) is 0 Å². The van der Waals surface area contributed by atoms with Gasteiger partial charge in [0.05, 0.1) is 62.4 Å². The van der Waals surface area contributed by atoms with Crippen LogP contribution in [0.25, 0.3) is 0 Å². The van der Waals surface area contributed by atoms with Crippen LogP contribution in [0.1, 0.15) is 126 Å². The Kier molecular flexibility index (Phi) is 9.76. The topological polar surface area (TPSA) is 193 Å². The molecule has 0 spiro atoms. The second-order valence-corrected chi connectivity index (χ2v) is 17.0. The number of hydrogen-bond donors (Lipinski definition) is 0. The van der Waals surface area contributed by atoms with Gasteiger partial charge in [0.2, 0.25) is 0 Å². The molecule has 70 heavy (non-hydrogen) atoms. The molecule has 0 aromatic heterocycles. The first-order chi connectivity index (χ1) is 33.7. The fraction of sp³-hybridized carbons (Fsp3) is 0.0545. The summed E-state index contributed by atoms with van der Waals surface area (Å²) < 4.78 is 5.88. The minimum Gasteiger partial charge on any atom is -0.457 e. The summed E-state index contributed by atoms with van der Waals surface area (Å²) in [7, 11) is 1.34. The van der Waals surface area contributed by atoms with Crippen LogP contribution in [0.15, 0.2) is 146 Å². The van der Waals surface area contributed by atoms with E-state index in [1.54, 1.807) is 36.4 Å². The highest BCUT2D eigenvalue weighted by Gasteiger charge is 2.41. The van der Waals surface area contributed by atoms with Crippen LogP contribution < -0.4 is 14.5 Å². The highest BCUT2D eigenvalue weighted by atomic mass is 16.5. The molecule has 15 nitrogen and oxygen atoms in total. The molecular formula is C55H32N4O11. The molecule has 4 heterocycles. The number of ketones is 2. The van der Waals surface area contributed by atoms with Gasteiger partial charge in [0.25, 0.3) is 47.3 Å². The summed E-state index contributed by atoms with van der Waals surface area (Å²) in [5.41, 5.74) is 2.67. The van der Waals surface area contributed by atoms with Crippen LogP contribution in [0.3, 0.4) is 0 Å². The standard InChI is InChI=1S/C55H32N4O11/c1-28-6-14-36(15-7-28)70-37-16-12-34(13-17-37)58-52(66)40-20-10-32(25-44(40)54(58)68)47(61)31-9-19-39-43(24-31)51(65)57(50(39)64)27-29-4-3-5-35(22-29)59-53(67)41-21-11-33(26-45(41)55(59)69)46(60)30-8-18-38-42(23-30)49(63)56(2)48(38)62/h3-26H,27H2,1-2H3. The highest BCUT2D eigenvalue weighted by molar-refractivity contribution is 6.36. The Morgan fingerprint density at radius 3 is 1.30 bits per heavy atom. The Morgan fingerprint density at radius 1 is 0.400 bits per heavy atom. The molecule has 0 saturated heterocycles. The van der Waals surface area contributed by atoms with Crippen LogP contribution in [0.4, 0.5) is 11.4 Å². The average Bonchev–Trinajstić information content (AvgIpc) is 3.96.